The summed E-state index contributed by atoms with van der Waals surface area (Å²) < 4.78 is 0. The van der Waals surface area contributed by atoms with Gasteiger partial charge in [-0.15, -0.1) is 0 Å². The van der Waals surface area contributed by atoms with E-state index in [1.807, 2.05) is 11.4 Å². The van der Waals surface area contributed by atoms with Crippen molar-refractivity contribution in [3.63, 3.8) is 0 Å². The number of carbonyl (C=O) groups excluding carboxylic acids is 14. The lowest BCUT2D eigenvalue weighted by molar-refractivity contribution is -0.138. The van der Waals surface area contributed by atoms with E-state index < -0.39 is 187 Å². The Balaban J connectivity index is 1.37. The largest absolute Gasteiger partial charge is 0.508 e. The molecule has 5 aromatic rings. The minimum Gasteiger partial charge on any atom is -0.508 e. The van der Waals surface area contributed by atoms with E-state index in [1.54, 1.807) is 87.1 Å². The Hall–Kier alpha value is -11.2. The van der Waals surface area contributed by atoms with Gasteiger partial charge in [-0.3, -0.25) is 77.3 Å². The van der Waals surface area contributed by atoms with E-state index in [0.29, 0.717) is 64.3 Å². The van der Waals surface area contributed by atoms with Gasteiger partial charge >= 0.3 is 5.97 Å². The van der Waals surface area contributed by atoms with E-state index in [4.69, 9.17) is 39.2 Å². The van der Waals surface area contributed by atoms with Crippen molar-refractivity contribution < 1.29 is 82.1 Å². The van der Waals surface area contributed by atoms with Crippen LogP contribution in [0, 0.1) is 11.3 Å². The summed E-state index contributed by atoms with van der Waals surface area (Å²) in [6, 6.07) is 4.57. The number of guanidine groups is 1. The van der Waals surface area contributed by atoms with Gasteiger partial charge in [0, 0.05) is 71.5 Å². The molecule has 0 fully saturated rings. The topological polar surface area (TPSA) is 650 Å². The fourth-order valence-electron chi connectivity index (χ4n) is 12.3. The van der Waals surface area contributed by atoms with Crippen LogP contribution in [0.3, 0.4) is 0 Å². The number of para-hydroxylation sites is 2. The Labute approximate surface area is 697 Å². The van der Waals surface area contributed by atoms with Gasteiger partial charge in [-0.25, -0.2) is 0 Å². The van der Waals surface area contributed by atoms with Crippen molar-refractivity contribution in [3.05, 3.63) is 102 Å². The molecular weight excluding hydrogens is 1590 g/mol. The van der Waals surface area contributed by atoms with Crippen LogP contribution < -0.4 is 103 Å². The molecule has 2 heterocycles. The van der Waals surface area contributed by atoms with Gasteiger partial charge in [0.25, 0.3) is 0 Å². The summed E-state index contributed by atoms with van der Waals surface area (Å²) in [5.41, 5.74) is 31.8. The standard InChI is InChI=1S/C76H112N22O17S3/c1-41(2)29-54(71(111)92-53(24-28-118-3)70(110)97-60(40-117)75(115)96-58(33-61(80)100)67(107)87-36-62(101)86-38-64(103)104)89-63(102)37-88-66(106)56(31-43-34-84-49-16-6-4-13-46(43)49)94-69(109)52(19-12-27-83-76(81)82)90-68(108)51(18-9-11-26-78)91-74(114)59(39-116)98-73(113)57(32-44-35-85-50-17-7-5-14-47(44)50)95-72(112)55(30-42-20-22-45(99)23-21-42)93-65(105)48(79)15-8-10-25-77/h4-7,13-14,16-17,20-23,34-35,41,48,51-60,84-85,99,116-117H,8-12,15,18-19,24-33,36-40,77-79H2,1-3H3,(H2,80,100)(H,86,101)(H,87,107)(H,88,106)(H,89,102)(H,90,108)(H,91,114)(H,92,111)(H,93,105)(H,94,109)(H,95,112)(H,96,115)(H,97,110)(H,98,113)(H,103,104)(H4,81,82,83)/t48-,51-,52-,53-,54-,55-,56-,57-,58-,59-,60-/m0/s1. The predicted octanol–water partition coefficient (Wildman–Crippen LogP) is -3.95. The molecule has 39 nitrogen and oxygen atoms in total. The van der Waals surface area contributed by atoms with E-state index in [-0.39, 0.29) is 106 Å². The third kappa shape index (κ3) is 33.8. The Morgan fingerprint density at radius 2 is 0.873 bits per heavy atom. The first-order valence-electron chi connectivity index (χ1n) is 38.5. The van der Waals surface area contributed by atoms with Crippen LogP contribution in [0.2, 0.25) is 0 Å². The van der Waals surface area contributed by atoms with E-state index in [0.717, 1.165) is 0 Å². The first-order valence-corrected chi connectivity index (χ1v) is 41.1. The smallest absolute Gasteiger partial charge is 0.322 e. The molecule has 0 aliphatic heterocycles. The lowest BCUT2D eigenvalue weighted by Crippen LogP contribution is -2.61. The van der Waals surface area contributed by atoms with Crippen molar-refractivity contribution >= 4 is 153 Å². The summed E-state index contributed by atoms with van der Waals surface area (Å²) in [6.07, 6.45) is 5.60. The number of carboxylic acids is 1. The predicted molar refractivity (Wildman–Crippen MR) is 449 cm³/mol. The molecule has 0 saturated heterocycles. The van der Waals surface area contributed by atoms with E-state index >= 15 is 0 Å². The van der Waals surface area contributed by atoms with Gasteiger partial charge in [0.05, 0.1) is 25.6 Å². The number of primary amides is 1. The first kappa shape index (κ1) is 97.4. The number of thioether (sulfide) groups is 1. The highest BCUT2D eigenvalue weighted by Gasteiger charge is 2.37. The number of hydrogen-bond donors (Lipinski definition) is 26. The number of carbonyl (C=O) groups is 15. The molecule has 11 atom stereocenters. The number of aromatic nitrogens is 2. The number of amides is 14. The Kier molecular flexibility index (Phi) is 42.2. The van der Waals surface area contributed by atoms with Crippen LogP contribution in [0.1, 0.15) is 101 Å². The zero-order valence-electron chi connectivity index (χ0n) is 66.0. The van der Waals surface area contributed by atoms with Gasteiger partial charge in [0.2, 0.25) is 82.7 Å². The Morgan fingerprint density at radius 3 is 1.36 bits per heavy atom. The second-order valence-electron chi connectivity index (χ2n) is 28.4. The van der Waals surface area contributed by atoms with Gasteiger partial charge in [-0.05, 0) is 130 Å². The quantitative estimate of drug-likeness (QED) is 0.00764. The van der Waals surface area contributed by atoms with Crippen molar-refractivity contribution in [2.75, 3.05) is 62.8 Å². The number of fused-ring (bicyclic) bond motifs is 2. The van der Waals surface area contributed by atoms with E-state index in [1.165, 1.54) is 23.9 Å². The number of aliphatic carboxylic acids is 1. The summed E-state index contributed by atoms with van der Waals surface area (Å²) >= 11 is 9.95. The zero-order chi connectivity index (χ0) is 87.0. The van der Waals surface area contributed by atoms with Gasteiger partial charge in [-0.2, -0.15) is 37.0 Å². The Bertz CT molecular complexity index is 4250. The molecule has 2 aromatic heterocycles. The lowest BCUT2D eigenvalue weighted by Gasteiger charge is -2.28. The lowest BCUT2D eigenvalue weighted by atomic mass is 10.0. The number of benzene rings is 3. The number of H-pyrrole nitrogens is 2. The van der Waals surface area contributed by atoms with Crippen molar-refractivity contribution in [3.8, 4) is 5.75 Å². The number of unbranched alkanes of at least 4 members (excludes halogenated alkanes) is 2. The number of aromatic amines is 2. The van der Waals surface area contributed by atoms with Crippen LogP contribution in [0.4, 0.5) is 0 Å². The highest BCUT2D eigenvalue weighted by Crippen LogP contribution is 2.22. The van der Waals surface area contributed by atoms with Crippen molar-refractivity contribution in [2.24, 2.45) is 34.6 Å². The molecular formula is C76H112N22O17S3. The third-order valence-corrected chi connectivity index (χ3v) is 19.9. The molecule has 5 rings (SSSR count). The fourth-order valence-corrected chi connectivity index (χ4v) is 13.2. The van der Waals surface area contributed by atoms with Gasteiger partial charge in [-0.1, -0.05) is 68.8 Å². The van der Waals surface area contributed by atoms with Crippen molar-refractivity contribution in [2.45, 2.75) is 170 Å². The first-order chi connectivity index (χ1) is 56.3. The summed E-state index contributed by atoms with van der Waals surface area (Å²) in [6.45, 7) is 1.79. The molecule has 0 spiro atoms. The zero-order valence-corrected chi connectivity index (χ0v) is 68.6. The number of carboxylic acid groups (broad SMARTS) is 1. The minimum atomic E-state index is -1.68. The van der Waals surface area contributed by atoms with Crippen LogP contribution >= 0.6 is 37.0 Å². The molecule has 14 amide bonds. The molecule has 0 aliphatic rings. The molecule has 646 valence electrons. The normalized spacial score (nSPS) is 13.9. The number of phenols is 1. The highest BCUT2D eigenvalue weighted by atomic mass is 32.2. The average molecular weight is 1700 g/mol. The molecule has 0 unspecified atom stereocenters. The number of aromatic hydroxyl groups is 1. The fraction of sp³-hybridized carbons (Fsp3) is 0.500. The van der Waals surface area contributed by atoms with Crippen molar-refractivity contribution in [1.29, 1.82) is 5.41 Å². The maximum absolute atomic E-state index is 15.0. The van der Waals surface area contributed by atoms with Crippen LogP contribution in [0.25, 0.3) is 21.8 Å². The molecule has 3 aromatic carbocycles. The van der Waals surface area contributed by atoms with Crippen LogP contribution in [-0.2, 0) is 91.2 Å². The average Bonchev–Trinajstić information content (AvgIpc) is 1.59. The third-order valence-electron chi connectivity index (χ3n) is 18.5. The number of phenolic OH excluding ortho intramolecular Hbond substituents is 1. The van der Waals surface area contributed by atoms with Gasteiger partial charge in [0.1, 0.15) is 72.7 Å². The number of hydrogen-bond acceptors (Lipinski definition) is 23. The number of nitrogens with two attached hydrogens (primary N) is 5. The van der Waals surface area contributed by atoms with E-state index in [9.17, 15) is 77.0 Å². The number of thiol groups is 2. The molecule has 0 bridgehead atoms. The number of nitrogens with one attached hydrogen (secondary N) is 17. The molecule has 0 radical (unpaired) electrons. The summed E-state index contributed by atoms with van der Waals surface area (Å²) in [4.78, 5) is 212. The van der Waals surface area contributed by atoms with E-state index in [2.05, 4.69) is 104 Å². The molecule has 0 saturated carbocycles. The second-order valence-corrected chi connectivity index (χ2v) is 30.1. The maximum Gasteiger partial charge on any atom is 0.322 e. The molecule has 29 N–H and O–H groups in total. The SMILES string of the molecule is CSCC[C@H](NC(=O)[C@H](CC(C)C)NC(=O)CNC(=O)[C@H](Cc1c[nH]c2ccccc12)NC(=O)[C@H](CCCNC(=N)N)NC(=O)[C@H](CCCCN)NC(=O)[C@H](CS)NC(=O)[C@H](Cc1c[nH]c2ccccc12)NC(=O)[C@H](Cc1ccc(O)cc1)NC(=O)[C@@H](N)CCCCN)C(=O)N[C@@H](CS)C(=O)N[C@@H](CC(N)=O)C(=O)NCC(=O)NCC(=O)O. The summed E-state index contributed by atoms with van der Waals surface area (Å²) in [5, 5.41) is 63.8. The van der Waals surface area contributed by atoms with Gasteiger partial charge < -0.3 is 123 Å². The van der Waals surface area contributed by atoms with Crippen molar-refractivity contribution in [1.82, 2.24) is 84.4 Å². The highest BCUT2D eigenvalue weighted by molar-refractivity contribution is 7.98. The van der Waals surface area contributed by atoms with Crippen LogP contribution in [0.5, 0.6) is 5.75 Å². The summed E-state index contributed by atoms with van der Waals surface area (Å²) in [7, 11) is 0. The minimum absolute atomic E-state index is 0.00922. The second kappa shape index (κ2) is 51.1. The monoisotopic (exact) mass is 1700 g/mol. The molecule has 118 heavy (non-hydrogen) atoms. The Morgan fingerprint density at radius 1 is 0.458 bits per heavy atom. The molecule has 0 aliphatic carbocycles. The van der Waals surface area contributed by atoms with Crippen LogP contribution in [-0.4, -0.2) is 244 Å². The summed E-state index contributed by atoms with van der Waals surface area (Å²) in [5.74, 6) is -15.2. The maximum atomic E-state index is 15.0. The van der Waals surface area contributed by atoms with Crippen LogP contribution in [0.15, 0.2) is 85.2 Å². The van der Waals surface area contributed by atoms with Gasteiger partial charge in [0.15, 0.2) is 5.96 Å². The number of rotatable bonds is 54. The molecule has 42 heteroatoms.